The lowest BCUT2D eigenvalue weighted by molar-refractivity contribution is 0.0734. The zero-order valence-electron chi connectivity index (χ0n) is 20.7. The highest BCUT2D eigenvalue weighted by Gasteiger charge is 2.31. The fourth-order valence-electron chi connectivity index (χ4n) is 6.48. The molecule has 35 heavy (non-hydrogen) atoms. The molecular weight excluding hydrogens is 436 g/mol. The number of ether oxygens (including phenoxy) is 3. The van der Waals surface area contributed by atoms with Crippen molar-refractivity contribution in [1.82, 2.24) is 0 Å². The van der Waals surface area contributed by atoms with Crippen LogP contribution in [0.15, 0.2) is 48.5 Å². The molecule has 2 aromatic rings. The third-order valence-corrected chi connectivity index (χ3v) is 8.87. The molecule has 2 aliphatic heterocycles. The van der Waals surface area contributed by atoms with E-state index in [1.165, 1.54) is 75.3 Å². The van der Waals surface area contributed by atoms with Crippen LogP contribution in [0.4, 0.5) is 0 Å². The standard InChI is InChI=1S/C31H38O4/c32-31(27-11-9-25(10-12-27)23-5-1-21(2-6-23)17-29-19-33-29)35-28-15-13-26(14-16-28)24-7-3-22(4-8-24)18-30-20-34-30/h9-16,21-24,29-30H,1-8,17-20H2. The van der Waals surface area contributed by atoms with E-state index >= 15 is 0 Å². The highest BCUT2D eigenvalue weighted by molar-refractivity contribution is 5.91. The maximum absolute atomic E-state index is 12.7. The summed E-state index contributed by atoms with van der Waals surface area (Å²) in [5.74, 6) is 3.25. The van der Waals surface area contributed by atoms with Crippen molar-refractivity contribution < 1.29 is 19.0 Å². The van der Waals surface area contributed by atoms with Gasteiger partial charge < -0.3 is 14.2 Å². The molecule has 2 unspecified atom stereocenters. The number of carbonyl (C=O) groups is 1. The number of rotatable bonds is 8. The van der Waals surface area contributed by atoms with Crippen LogP contribution in [0.25, 0.3) is 0 Å². The van der Waals surface area contributed by atoms with Crippen LogP contribution in [-0.4, -0.2) is 31.4 Å². The van der Waals surface area contributed by atoms with Gasteiger partial charge in [-0.1, -0.05) is 24.3 Å². The molecule has 0 radical (unpaired) electrons. The molecule has 2 aliphatic carbocycles. The summed E-state index contributed by atoms with van der Waals surface area (Å²) in [4.78, 5) is 12.7. The third-order valence-electron chi connectivity index (χ3n) is 8.87. The second kappa shape index (κ2) is 10.4. The largest absolute Gasteiger partial charge is 0.423 e. The van der Waals surface area contributed by atoms with E-state index < -0.39 is 0 Å². The van der Waals surface area contributed by atoms with Gasteiger partial charge in [0.25, 0.3) is 0 Å². The van der Waals surface area contributed by atoms with Crippen LogP contribution in [0.2, 0.25) is 0 Å². The first-order valence-electron chi connectivity index (χ1n) is 13.8. The Labute approximate surface area is 209 Å². The molecule has 4 nitrogen and oxygen atoms in total. The summed E-state index contributed by atoms with van der Waals surface area (Å²) in [6.45, 7) is 1.95. The Balaban J connectivity index is 0.978. The Bertz CT molecular complexity index is 974. The minimum absolute atomic E-state index is 0.278. The summed E-state index contributed by atoms with van der Waals surface area (Å²) in [7, 11) is 0. The van der Waals surface area contributed by atoms with Crippen molar-refractivity contribution in [1.29, 1.82) is 0 Å². The average molecular weight is 475 g/mol. The average Bonchev–Trinajstić information content (AvgIpc) is 3.84. The Morgan fingerprint density at radius 3 is 1.51 bits per heavy atom. The number of epoxide rings is 2. The van der Waals surface area contributed by atoms with Crippen LogP contribution >= 0.6 is 0 Å². The molecule has 2 aromatic carbocycles. The molecule has 0 aromatic heterocycles. The molecule has 2 saturated heterocycles. The number of esters is 1. The first-order valence-corrected chi connectivity index (χ1v) is 13.8. The quantitative estimate of drug-likeness (QED) is 0.234. The Morgan fingerprint density at radius 1 is 0.657 bits per heavy atom. The van der Waals surface area contributed by atoms with Gasteiger partial charge >= 0.3 is 5.97 Å². The van der Waals surface area contributed by atoms with Crippen molar-refractivity contribution in [3.05, 3.63) is 65.2 Å². The number of hydrogen-bond donors (Lipinski definition) is 0. The van der Waals surface area contributed by atoms with Gasteiger partial charge in [0.1, 0.15) is 5.75 Å². The highest BCUT2D eigenvalue weighted by Crippen LogP contribution is 2.40. The van der Waals surface area contributed by atoms with E-state index in [9.17, 15) is 4.79 Å². The minimum Gasteiger partial charge on any atom is -0.423 e. The summed E-state index contributed by atoms with van der Waals surface area (Å²) in [5.41, 5.74) is 3.34. The molecule has 2 saturated carbocycles. The van der Waals surface area contributed by atoms with Gasteiger partial charge in [0.05, 0.1) is 31.0 Å². The second-order valence-electron chi connectivity index (χ2n) is 11.4. The first kappa shape index (κ1) is 23.2. The van der Waals surface area contributed by atoms with Gasteiger partial charge in [0.2, 0.25) is 0 Å². The van der Waals surface area contributed by atoms with E-state index in [1.54, 1.807) is 0 Å². The lowest BCUT2D eigenvalue weighted by Crippen LogP contribution is -2.15. The zero-order chi connectivity index (χ0) is 23.6. The normalized spacial score (nSPS) is 32.1. The Morgan fingerprint density at radius 2 is 1.09 bits per heavy atom. The van der Waals surface area contributed by atoms with Crippen LogP contribution in [0.3, 0.4) is 0 Å². The van der Waals surface area contributed by atoms with E-state index in [2.05, 4.69) is 24.3 Å². The summed E-state index contributed by atoms with van der Waals surface area (Å²) >= 11 is 0. The molecule has 0 N–H and O–H groups in total. The van der Waals surface area contributed by atoms with E-state index in [0.29, 0.717) is 35.4 Å². The molecule has 2 atom stereocenters. The molecule has 186 valence electrons. The second-order valence-corrected chi connectivity index (χ2v) is 11.4. The van der Waals surface area contributed by atoms with Gasteiger partial charge in [-0.05, 0) is 123 Å². The molecular formula is C31H38O4. The van der Waals surface area contributed by atoms with Gasteiger partial charge in [0, 0.05) is 0 Å². The molecule has 4 fully saturated rings. The molecule has 2 heterocycles. The first-order chi connectivity index (χ1) is 17.2. The van der Waals surface area contributed by atoms with Gasteiger partial charge in [-0.25, -0.2) is 4.79 Å². The molecule has 6 rings (SSSR count). The van der Waals surface area contributed by atoms with Crippen molar-refractivity contribution in [2.45, 2.75) is 88.3 Å². The maximum Gasteiger partial charge on any atom is 0.343 e. The van der Waals surface area contributed by atoms with Crippen molar-refractivity contribution >= 4 is 5.97 Å². The Hall–Kier alpha value is -2.17. The van der Waals surface area contributed by atoms with Crippen molar-refractivity contribution in [2.24, 2.45) is 11.8 Å². The number of carbonyl (C=O) groups excluding carboxylic acids is 1. The van der Waals surface area contributed by atoms with Gasteiger partial charge in [-0.3, -0.25) is 0 Å². The van der Waals surface area contributed by atoms with E-state index in [4.69, 9.17) is 14.2 Å². The van der Waals surface area contributed by atoms with Gasteiger partial charge in [-0.15, -0.1) is 0 Å². The van der Waals surface area contributed by atoms with Crippen molar-refractivity contribution in [3.8, 4) is 5.75 Å². The van der Waals surface area contributed by atoms with Crippen LogP contribution in [-0.2, 0) is 9.47 Å². The lowest BCUT2D eigenvalue weighted by atomic mass is 9.77. The predicted octanol–water partition coefficient (Wildman–Crippen LogP) is 7.03. The molecule has 0 bridgehead atoms. The SMILES string of the molecule is O=C(Oc1ccc(C2CCC(CC3CO3)CC2)cc1)c1ccc(C2CCC(CC3CO3)CC2)cc1. The summed E-state index contributed by atoms with van der Waals surface area (Å²) < 4.78 is 16.5. The molecule has 4 aliphatic rings. The lowest BCUT2D eigenvalue weighted by Gasteiger charge is -2.28. The summed E-state index contributed by atoms with van der Waals surface area (Å²) in [5, 5.41) is 0. The monoisotopic (exact) mass is 474 g/mol. The minimum atomic E-state index is -0.278. The topological polar surface area (TPSA) is 51.4 Å². The zero-order valence-corrected chi connectivity index (χ0v) is 20.7. The van der Waals surface area contributed by atoms with E-state index in [0.717, 1.165) is 25.0 Å². The van der Waals surface area contributed by atoms with Crippen LogP contribution in [0.5, 0.6) is 5.75 Å². The fraction of sp³-hybridized carbons (Fsp3) is 0.581. The van der Waals surface area contributed by atoms with Crippen LogP contribution < -0.4 is 4.74 Å². The van der Waals surface area contributed by atoms with E-state index in [1.807, 2.05) is 24.3 Å². The Kier molecular flexibility index (Phi) is 6.93. The van der Waals surface area contributed by atoms with Crippen LogP contribution in [0.1, 0.15) is 97.5 Å². The molecule has 0 amide bonds. The fourth-order valence-corrected chi connectivity index (χ4v) is 6.48. The van der Waals surface area contributed by atoms with E-state index in [-0.39, 0.29) is 5.97 Å². The van der Waals surface area contributed by atoms with Crippen molar-refractivity contribution in [3.63, 3.8) is 0 Å². The smallest absolute Gasteiger partial charge is 0.343 e. The highest BCUT2D eigenvalue weighted by atomic mass is 16.6. The van der Waals surface area contributed by atoms with Gasteiger partial charge in [-0.2, -0.15) is 0 Å². The number of hydrogen-bond acceptors (Lipinski definition) is 4. The predicted molar refractivity (Wildman–Crippen MR) is 136 cm³/mol. The van der Waals surface area contributed by atoms with Gasteiger partial charge in [0.15, 0.2) is 0 Å². The maximum atomic E-state index is 12.7. The third kappa shape index (κ3) is 6.16. The summed E-state index contributed by atoms with van der Waals surface area (Å²) in [6.07, 6.45) is 13.8. The van der Waals surface area contributed by atoms with Crippen LogP contribution in [0, 0.1) is 11.8 Å². The molecule has 4 heteroatoms. The molecule has 0 spiro atoms. The van der Waals surface area contributed by atoms with Crippen molar-refractivity contribution in [2.75, 3.05) is 13.2 Å². The summed E-state index contributed by atoms with van der Waals surface area (Å²) in [6, 6.07) is 16.3. The number of benzene rings is 2.